The van der Waals surface area contributed by atoms with Crippen LogP contribution < -0.4 is 45.7 Å². The number of carboxylic acid groups (broad SMARTS) is 1. The number of fused-ring (bicyclic) bond motifs is 1. The molecule has 0 unspecified atom stereocenters. The summed E-state index contributed by atoms with van der Waals surface area (Å²) in [4.78, 5) is 49.2. The number of nitrogens with two attached hydrogens (primary N) is 1. The Kier molecular flexibility index (Phi) is 10.9. The molecule has 2 aliphatic rings. The van der Waals surface area contributed by atoms with E-state index in [0.717, 1.165) is 28.0 Å². The topological polar surface area (TPSA) is 270 Å². The van der Waals surface area contributed by atoms with Crippen molar-refractivity contribution in [2.45, 2.75) is 23.2 Å². The number of rotatable bonds is 11. The minimum absolute atomic E-state index is 0. The molecule has 0 spiro atoms. The van der Waals surface area contributed by atoms with Gasteiger partial charge in [-0.15, -0.1) is 33.3 Å². The Labute approximate surface area is 310 Å². The number of nitrogen functional groups attached to an aromatic ring is 1. The minimum atomic E-state index is -1.58. The van der Waals surface area contributed by atoms with Crippen LogP contribution >= 0.6 is 34.9 Å². The van der Waals surface area contributed by atoms with E-state index < -0.39 is 29.2 Å². The summed E-state index contributed by atoms with van der Waals surface area (Å²) in [6.45, 7) is -0.190. The van der Waals surface area contributed by atoms with Crippen LogP contribution in [-0.4, -0.2) is 86.9 Å². The first-order chi connectivity index (χ1) is 23.0. The number of carbonyl (C=O) groups excluding carboxylic acids is 3. The number of aromatic nitrogens is 3. The Morgan fingerprint density at radius 3 is 2.53 bits per heavy atom. The van der Waals surface area contributed by atoms with Crippen molar-refractivity contribution in [2.24, 2.45) is 5.16 Å². The van der Waals surface area contributed by atoms with Crippen LogP contribution in [-0.2, 0) is 25.8 Å². The van der Waals surface area contributed by atoms with Gasteiger partial charge in [-0.25, -0.2) is 4.98 Å². The fraction of sp³-hybridized carbons (Fsp3) is 0.179. The Morgan fingerprint density at radius 1 is 1.12 bits per heavy atom. The number of amides is 2. The van der Waals surface area contributed by atoms with E-state index in [9.17, 15) is 39.9 Å². The van der Waals surface area contributed by atoms with Gasteiger partial charge >= 0.3 is 29.6 Å². The van der Waals surface area contributed by atoms with E-state index in [1.807, 2.05) is 0 Å². The summed E-state index contributed by atoms with van der Waals surface area (Å²) in [5.74, 6) is -4.18. The molecule has 17 nitrogen and oxygen atoms in total. The number of hydrogen-bond donors (Lipinski definition) is 6. The van der Waals surface area contributed by atoms with Crippen molar-refractivity contribution >= 4 is 63.5 Å². The van der Waals surface area contributed by atoms with Crippen molar-refractivity contribution in [2.75, 3.05) is 17.2 Å². The molecule has 0 aliphatic carbocycles. The molecule has 1 saturated heterocycles. The Bertz CT molecular complexity index is 2000. The minimum Gasteiger partial charge on any atom is -0.543 e. The van der Waals surface area contributed by atoms with Crippen LogP contribution in [0.4, 0.5) is 5.13 Å². The Hall–Kier alpha value is -4.47. The molecule has 2 atom stereocenters. The van der Waals surface area contributed by atoms with Crippen LogP contribution in [0.5, 0.6) is 23.0 Å². The number of nitrogens with one attached hydrogen (secondary N) is 1. The zero-order valence-electron chi connectivity index (χ0n) is 25.1. The summed E-state index contributed by atoms with van der Waals surface area (Å²) in [7, 11) is 0. The van der Waals surface area contributed by atoms with Crippen LogP contribution in [0.25, 0.3) is 11.5 Å². The fourth-order valence-electron chi connectivity index (χ4n) is 4.61. The molecule has 2 amide bonds. The van der Waals surface area contributed by atoms with Gasteiger partial charge in [0.15, 0.2) is 33.8 Å². The maximum atomic E-state index is 13.4. The first kappa shape index (κ1) is 35.8. The average Bonchev–Trinajstić information content (AvgIpc) is 3.72. The number of phenols is 4. The van der Waals surface area contributed by atoms with E-state index in [2.05, 4.69) is 25.7 Å². The number of benzene rings is 2. The van der Waals surface area contributed by atoms with Gasteiger partial charge in [-0.3, -0.25) is 14.5 Å². The van der Waals surface area contributed by atoms with Gasteiger partial charge < -0.3 is 50.6 Å². The molecular weight excluding hydrogens is 714 g/mol. The molecule has 4 heterocycles. The van der Waals surface area contributed by atoms with E-state index in [1.54, 1.807) is 0 Å². The number of hydrogen-bond acceptors (Lipinski definition) is 18. The third-order valence-electron chi connectivity index (χ3n) is 6.93. The molecule has 0 radical (unpaired) electrons. The molecular formula is C28H22N7NaO10S3. The normalized spacial score (nSPS) is 17.2. The quantitative estimate of drug-likeness (QED) is 0.0236. The van der Waals surface area contributed by atoms with Gasteiger partial charge in [-0.05, 0) is 41.5 Å². The summed E-state index contributed by atoms with van der Waals surface area (Å²) < 4.78 is 5.59. The summed E-state index contributed by atoms with van der Waals surface area (Å²) in [5.41, 5.74) is 6.33. The summed E-state index contributed by atoms with van der Waals surface area (Å²) in [5, 5.41) is 65.9. The Morgan fingerprint density at radius 2 is 1.86 bits per heavy atom. The molecule has 49 heavy (non-hydrogen) atoms. The summed E-state index contributed by atoms with van der Waals surface area (Å²) in [6, 6.07) is 6.86. The molecule has 4 aromatic rings. The largest absolute Gasteiger partial charge is 1.00 e. The second-order valence-corrected chi connectivity index (χ2v) is 13.0. The van der Waals surface area contributed by atoms with Gasteiger partial charge in [0.2, 0.25) is 5.89 Å². The number of β-lactam (4-membered cyclic amide) rings is 1. The predicted octanol–water partition coefficient (Wildman–Crippen LogP) is -2.28. The van der Waals surface area contributed by atoms with Gasteiger partial charge in [-0.1, -0.05) is 23.0 Å². The third kappa shape index (κ3) is 7.58. The van der Waals surface area contributed by atoms with E-state index in [0.29, 0.717) is 16.7 Å². The number of thioether (sulfide) groups is 2. The van der Waals surface area contributed by atoms with Crippen molar-refractivity contribution in [3.05, 3.63) is 64.3 Å². The zero-order valence-corrected chi connectivity index (χ0v) is 29.5. The number of anilines is 1. The Balaban J connectivity index is 0.00000468. The number of carboxylic acids is 1. The molecule has 1 fully saturated rings. The molecule has 2 aromatic carbocycles. The molecule has 0 bridgehead atoms. The SMILES string of the molecule is Nc1nc(C(=NOCc2ccc(O)c(O)c2)C(=O)N[C@@H]2C(=O)N3C(C(=O)[O-])=C(CSc4nnc(-c5ccc(O)c(O)c5)o4)CS[C@@H]23)cs1.[Na+]. The predicted molar refractivity (Wildman–Crippen MR) is 168 cm³/mol. The van der Waals surface area contributed by atoms with Crippen molar-refractivity contribution in [3.63, 3.8) is 0 Å². The van der Waals surface area contributed by atoms with Gasteiger partial charge in [0, 0.05) is 22.4 Å². The van der Waals surface area contributed by atoms with E-state index in [4.69, 9.17) is 15.0 Å². The van der Waals surface area contributed by atoms with Crippen molar-refractivity contribution < 1.29 is 78.7 Å². The van der Waals surface area contributed by atoms with Crippen LogP contribution in [0.2, 0.25) is 0 Å². The molecule has 7 N–H and O–H groups in total. The first-order valence-electron chi connectivity index (χ1n) is 13.6. The van der Waals surface area contributed by atoms with Crippen molar-refractivity contribution in [3.8, 4) is 34.5 Å². The monoisotopic (exact) mass is 735 g/mol. The number of carbonyl (C=O) groups is 3. The molecule has 2 aliphatic heterocycles. The molecule has 2 aromatic heterocycles. The van der Waals surface area contributed by atoms with E-state index in [-0.39, 0.29) is 104 Å². The van der Waals surface area contributed by atoms with Crippen LogP contribution in [0.1, 0.15) is 11.3 Å². The van der Waals surface area contributed by atoms with Gasteiger partial charge in [-0.2, -0.15) is 0 Å². The van der Waals surface area contributed by atoms with E-state index >= 15 is 0 Å². The molecule has 21 heteroatoms. The third-order valence-corrected chi connectivity index (χ3v) is 9.85. The number of aromatic hydroxyl groups is 4. The zero-order chi connectivity index (χ0) is 34.1. The first-order valence-corrected chi connectivity index (χ1v) is 16.5. The summed E-state index contributed by atoms with van der Waals surface area (Å²) in [6.07, 6.45) is 0. The number of aliphatic carboxylic acids is 1. The van der Waals surface area contributed by atoms with Crippen molar-refractivity contribution in [1.82, 2.24) is 25.4 Å². The van der Waals surface area contributed by atoms with Gasteiger partial charge in [0.25, 0.3) is 17.0 Å². The van der Waals surface area contributed by atoms with Crippen LogP contribution in [0.3, 0.4) is 0 Å². The van der Waals surface area contributed by atoms with Crippen LogP contribution in [0, 0.1) is 0 Å². The number of oxime groups is 1. The van der Waals surface area contributed by atoms with Gasteiger partial charge in [0.1, 0.15) is 23.7 Å². The van der Waals surface area contributed by atoms with Crippen molar-refractivity contribution in [1.29, 1.82) is 0 Å². The standard InChI is InChI=1S/C28H23N7O10S3.Na/c29-27-30-14(10-47-27)19(34-44-7-11-1-3-15(36)17(38)5-11)22(40)31-20-24(41)35-21(26(42)43)13(8-46-25(20)35)9-48-28-33-32-23(45-28)12-2-4-16(37)18(39)6-12;/h1-6,10,20,25,36-39H,7-9H2,(H2,29,30)(H,31,40)(H,42,43);/q;+1/p-1/t20-,25+;/m1./s1. The van der Waals surface area contributed by atoms with Crippen LogP contribution in [0.15, 0.2) is 67.8 Å². The second kappa shape index (κ2) is 15.0. The molecule has 0 saturated carbocycles. The average molecular weight is 736 g/mol. The fourth-order valence-corrected chi connectivity index (χ4v) is 7.41. The van der Waals surface area contributed by atoms with E-state index in [1.165, 1.54) is 53.5 Å². The maximum absolute atomic E-state index is 13.4. The maximum Gasteiger partial charge on any atom is 1.00 e. The molecule has 248 valence electrons. The number of thiazole rings is 1. The smallest absolute Gasteiger partial charge is 0.543 e. The van der Waals surface area contributed by atoms with Gasteiger partial charge in [0.05, 0.1) is 11.7 Å². The second-order valence-electron chi connectivity index (χ2n) is 10.1. The molecule has 6 rings (SSSR count). The number of nitrogens with zero attached hydrogens (tertiary/aromatic N) is 5. The summed E-state index contributed by atoms with van der Waals surface area (Å²) >= 11 is 3.30. The number of phenolic OH excluding ortho intramolecular Hbond substituents is 4.